The Morgan fingerprint density at radius 1 is 0.878 bits per heavy atom. The zero-order valence-electron chi connectivity index (χ0n) is 24.2. The molecule has 0 fully saturated rings. The van der Waals surface area contributed by atoms with E-state index in [0.29, 0.717) is 6.54 Å². The summed E-state index contributed by atoms with van der Waals surface area (Å²) >= 11 is 0. The summed E-state index contributed by atoms with van der Waals surface area (Å²) in [4.78, 5) is 29.2. The summed E-state index contributed by atoms with van der Waals surface area (Å²) in [5.74, 6) is -1.24. The van der Waals surface area contributed by atoms with E-state index in [1.54, 1.807) is 0 Å². The predicted octanol–water partition coefficient (Wildman–Crippen LogP) is 4.16. The van der Waals surface area contributed by atoms with Gasteiger partial charge < -0.3 is 10.2 Å². The third-order valence-electron chi connectivity index (χ3n) is 6.56. The first kappa shape index (κ1) is 31.8. The number of amides is 2. The van der Waals surface area contributed by atoms with Gasteiger partial charge in [-0.15, -0.1) is 0 Å². The number of aryl methyl sites for hydroxylation is 1. The van der Waals surface area contributed by atoms with Crippen molar-refractivity contribution < 1.29 is 22.4 Å². The van der Waals surface area contributed by atoms with Crippen LogP contribution in [0.5, 0.6) is 0 Å². The van der Waals surface area contributed by atoms with Gasteiger partial charge in [-0.3, -0.25) is 9.59 Å². The molecule has 1 atom stereocenters. The number of anilines is 1. The molecule has 3 aromatic carbocycles. The third-order valence-corrected chi connectivity index (χ3v) is 8.38. The summed E-state index contributed by atoms with van der Waals surface area (Å²) < 4.78 is 42.3. The van der Waals surface area contributed by atoms with Crippen molar-refractivity contribution in [1.29, 1.82) is 0 Å². The minimum absolute atomic E-state index is 0.0883. The Morgan fingerprint density at radius 3 is 2.05 bits per heavy atom. The molecule has 8 nitrogen and oxygen atoms in total. The fourth-order valence-corrected chi connectivity index (χ4v) is 5.25. The molecule has 0 bridgehead atoms. The number of rotatable bonds is 13. The maximum atomic E-state index is 14.2. The Morgan fingerprint density at radius 2 is 1.49 bits per heavy atom. The number of hydrogen-bond acceptors (Lipinski definition) is 4. The summed E-state index contributed by atoms with van der Waals surface area (Å²) in [6, 6.07) is 21.0. The van der Waals surface area contributed by atoms with E-state index in [9.17, 15) is 22.4 Å². The van der Waals surface area contributed by atoms with Crippen LogP contribution in [0.2, 0.25) is 0 Å². The van der Waals surface area contributed by atoms with Crippen LogP contribution in [0, 0.1) is 18.7 Å². The quantitative estimate of drug-likeness (QED) is 0.328. The van der Waals surface area contributed by atoms with E-state index < -0.39 is 34.5 Å². The lowest BCUT2D eigenvalue weighted by Crippen LogP contribution is -2.54. The highest BCUT2D eigenvalue weighted by Gasteiger charge is 2.34. The minimum atomic E-state index is -4.14. The Bertz CT molecular complexity index is 1400. The second-order valence-electron chi connectivity index (χ2n) is 10.6. The van der Waals surface area contributed by atoms with E-state index >= 15 is 0 Å². The molecule has 0 spiro atoms. The average Bonchev–Trinajstić information content (AvgIpc) is 2.94. The third kappa shape index (κ3) is 8.86. The molecule has 3 rings (SSSR count). The summed E-state index contributed by atoms with van der Waals surface area (Å²) in [7, 11) is -1.42. The molecule has 0 aliphatic rings. The smallest absolute Gasteiger partial charge is 0.304 e. The maximum absolute atomic E-state index is 14.2. The number of carbonyl (C=O) groups excluding carboxylic acids is 2. The van der Waals surface area contributed by atoms with Crippen molar-refractivity contribution in [1.82, 2.24) is 14.5 Å². The Labute approximate surface area is 243 Å². The molecule has 10 heteroatoms. The normalized spacial score (nSPS) is 12.3. The lowest BCUT2D eigenvalue weighted by Gasteiger charge is -2.34. The average molecular weight is 583 g/mol. The van der Waals surface area contributed by atoms with Crippen molar-refractivity contribution >= 4 is 27.7 Å². The van der Waals surface area contributed by atoms with Crippen molar-refractivity contribution in [3.8, 4) is 0 Å². The maximum Gasteiger partial charge on any atom is 0.304 e. The van der Waals surface area contributed by atoms with Crippen molar-refractivity contribution in [2.45, 2.75) is 39.8 Å². The van der Waals surface area contributed by atoms with E-state index in [-0.39, 0.29) is 30.5 Å². The molecule has 0 radical (unpaired) electrons. The predicted molar refractivity (Wildman–Crippen MR) is 160 cm³/mol. The van der Waals surface area contributed by atoms with Crippen molar-refractivity contribution in [3.63, 3.8) is 0 Å². The van der Waals surface area contributed by atoms with Crippen LogP contribution in [-0.4, -0.2) is 62.7 Å². The monoisotopic (exact) mass is 582 g/mol. The molecular formula is C31H39FN4O4S. The molecule has 1 N–H and O–H groups in total. The number of nitrogens with zero attached hydrogens (tertiary/aromatic N) is 3. The van der Waals surface area contributed by atoms with Gasteiger partial charge in [0.25, 0.3) is 0 Å². The first-order valence-corrected chi connectivity index (χ1v) is 14.9. The van der Waals surface area contributed by atoms with Gasteiger partial charge in [0.15, 0.2) is 0 Å². The topological polar surface area (TPSA) is 90.0 Å². The second-order valence-corrected chi connectivity index (χ2v) is 12.7. The van der Waals surface area contributed by atoms with Crippen molar-refractivity contribution in [3.05, 3.63) is 101 Å². The van der Waals surface area contributed by atoms with E-state index in [2.05, 4.69) is 5.32 Å². The highest BCUT2D eigenvalue weighted by molar-refractivity contribution is 7.90. The molecule has 0 saturated heterocycles. The van der Waals surface area contributed by atoms with E-state index in [0.717, 1.165) is 37.4 Å². The Balaban J connectivity index is 2.07. The fraction of sp³-hybridized carbons (Fsp3) is 0.355. The van der Waals surface area contributed by atoms with Gasteiger partial charge in [-0.1, -0.05) is 74.0 Å². The first-order valence-electron chi connectivity index (χ1n) is 13.5. The lowest BCUT2D eigenvalue weighted by atomic mass is 10.0. The first-order chi connectivity index (χ1) is 19.4. The minimum Gasteiger partial charge on any atom is -0.354 e. The van der Waals surface area contributed by atoms with Gasteiger partial charge >= 0.3 is 10.2 Å². The molecule has 220 valence electrons. The molecular weight excluding hydrogens is 543 g/mol. The highest BCUT2D eigenvalue weighted by atomic mass is 32.2. The number of halogens is 1. The molecule has 41 heavy (non-hydrogen) atoms. The van der Waals surface area contributed by atoms with Gasteiger partial charge in [-0.25, -0.2) is 8.70 Å². The molecule has 0 heterocycles. The van der Waals surface area contributed by atoms with E-state index in [1.807, 2.05) is 75.4 Å². The number of carbonyl (C=O) groups is 2. The molecule has 0 unspecified atom stereocenters. The van der Waals surface area contributed by atoms with Crippen molar-refractivity contribution in [2.24, 2.45) is 5.92 Å². The fourth-order valence-electron chi connectivity index (χ4n) is 4.19. The van der Waals surface area contributed by atoms with Gasteiger partial charge in [-0.05, 0) is 48.2 Å². The van der Waals surface area contributed by atoms with Crippen LogP contribution in [0.1, 0.15) is 30.5 Å². The van der Waals surface area contributed by atoms with Crippen LogP contribution in [0.15, 0.2) is 78.9 Å². The Kier molecular flexibility index (Phi) is 11.0. The number of benzene rings is 3. The molecule has 0 aromatic heterocycles. The molecule has 0 saturated carbocycles. The SMILES string of the molecule is Cc1ccc(CN(C(=O)CN(c2ccc(F)cc2)S(=O)(=O)N(C)C)[C@H](Cc2ccccc2)C(=O)NCC(C)C)cc1. The Hall–Kier alpha value is -3.76. The van der Waals surface area contributed by atoms with E-state index in [4.69, 9.17) is 0 Å². The van der Waals surface area contributed by atoms with Crippen LogP contribution < -0.4 is 9.62 Å². The molecule has 0 aliphatic carbocycles. The summed E-state index contributed by atoms with van der Waals surface area (Å²) in [5, 5.41) is 2.96. The largest absolute Gasteiger partial charge is 0.354 e. The highest BCUT2D eigenvalue weighted by Crippen LogP contribution is 2.22. The van der Waals surface area contributed by atoms with E-state index in [1.165, 1.54) is 31.1 Å². The van der Waals surface area contributed by atoms with Crippen LogP contribution in [0.25, 0.3) is 0 Å². The summed E-state index contributed by atoms with van der Waals surface area (Å²) in [6.45, 7) is 5.85. The van der Waals surface area contributed by atoms with Crippen LogP contribution in [-0.2, 0) is 32.8 Å². The molecule has 2 amide bonds. The van der Waals surface area contributed by atoms with Gasteiger partial charge in [-0.2, -0.15) is 12.7 Å². The van der Waals surface area contributed by atoms with Gasteiger partial charge in [0, 0.05) is 33.6 Å². The van der Waals surface area contributed by atoms with Crippen molar-refractivity contribution in [2.75, 3.05) is 31.5 Å². The number of hydrogen-bond donors (Lipinski definition) is 1. The second kappa shape index (κ2) is 14.2. The number of nitrogens with one attached hydrogen (secondary N) is 1. The van der Waals surface area contributed by atoms with Gasteiger partial charge in [0.05, 0.1) is 5.69 Å². The van der Waals surface area contributed by atoms with Crippen LogP contribution in [0.3, 0.4) is 0 Å². The molecule has 0 aliphatic heterocycles. The lowest BCUT2D eigenvalue weighted by molar-refractivity contribution is -0.140. The van der Waals surface area contributed by atoms with Gasteiger partial charge in [0.1, 0.15) is 18.4 Å². The zero-order chi connectivity index (χ0) is 30.2. The molecule has 3 aromatic rings. The van der Waals surface area contributed by atoms with Crippen LogP contribution >= 0.6 is 0 Å². The van der Waals surface area contributed by atoms with Gasteiger partial charge in [0.2, 0.25) is 11.8 Å². The standard InChI is InChI=1S/C31H39FN4O4S/c1-23(2)20-33-31(38)29(19-25-9-7-6-8-10-25)35(21-26-13-11-24(3)12-14-26)30(37)22-36(41(39,40)34(4)5)28-17-15-27(32)16-18-28/h6-18,23,29H,19-22H2,1-5H3,(H,33,38)/t29-/m1/s1. The zero-order valence-corrected chi connectivity index (χ0v) is 25.1. The summed E-state index contributed by atoms with van der Waals surface area (Å²) in [5.41, 5.74) is 2.83. The van der Waals surface area contributed by atoms with Crippen LogP contribution in [0.4, 0.5) is 10.1 Å². The summed E-state index contributed by atoms with van der Waals surface area (Å²) in [6.07, 6.45) is 0.235.